The van der Waals surface area contributed by atoms with Gasteiger partial charge in [-0.25, -0.2) is 0 Å². The van der Waals surface area contributed by atoms with E-state index in [1.165, 1.54) is 45.8 Å². The predicted octanol–water partition coefficient (Wildman–Crippen LogP) is 10.6. The van der Waals surface area contributed by atoms with E-state index in [4.69, 9.17) is 0 Å². The van der Waals surface area contributed by atoms with Gasteiger partial charge in [-0.1, -0.05) is 178 Å². The minimum atomic E-state index is -1.77. The quantitative estimate of drug-likeness (QED) is 0.164. The molecule has 1 heterocycles. The van der Waals surface area contributed by atoms with Crippen LogP contribution in [-0.4, -0.2) is 31.8 Å². The molecule has 0 radical (unpaired) electrons. The molecule has 0 spiro atoms. The highest BCUT2D eigenvalue weighted by molar-refractivity contribution is 7.68. The predicted molar refractivity (Wildman–Crippen MR) is 199 cm³/mol. The molecule has 42 heavy (non-hydrogen) atoms. The van der Waals surface area contributed by atoms with Gasteiger partial charge in [0.25, 0.3) is 0 Å². The third kappa shape index (κ3) is 5.28. The van der Waals surface area contributed by atoms with Crippen molar-refractivity contribution in [3.05, 3.63) is 130 Å². The summed E-state index contributed by atoms with van der Waals surface area (Å²) in [5.41, 5.74) is 11.3. The van der Waals surface area contributed by atoms with Gasteiger partial charge < -0.3 is 0 Å². The molecular formula is C38H48Si4. The van der Waals surface area contributed by atoms with Gasteiger partial charge in [0.1, 0.15) is 0 Å². The van der Waals surface area contributed by atoms with E-state index in [-0.39, 0.29) is 9.04 Å². The summed E-state index contributed by atoms with van der Waals surface area (Å²) in [4.78, 5) is 2.03. The first kappa shape index (κ1) is 30.7. The fraction of sp³-hybridized carbons (Fsp3) is 0.263. The second kappa shape index (κ2) is 12.1. The zero-order chi connectivity index (χ0) is 30.1. The summed E-state index contributed by atoms with van der Waals surface area (Å²) in [6, 6.07) is 42.2. The van der Waals surface area contributed by atoms with E-state index >= 15 is 0 Å². The van der Waals surface area contributed by atoms with Crippen LogP contribution in [0.5, 0.6) is 0 Å². The normalized spacial score (nSPS) is 18.0. The Bertz CT molecular complexity index is 1590. The van der Waals surface area contributed by atoms with E-state index in [1.54, 1.807) is 11.1 Å². The van der Waals surface area contributed by atoms with Crippen molar-refractivity contribution in [2.75, 3.05) is 0 Å². The van der Waals surface area contributed by atoms with E-state index in [2.05, 4.69) is 162 Å². The summed E-state index contributed by atoms with van der Waals surface area (Å²) in [6.07, 6.45) is 1.19. The Labute approximate surface area is 260 Å². The van der Waals surface area contributed by atoms with Crippen molar-refractivity contribution in [3.63, 3.8) is 0 Å². The lowest BCUT2D eigenvalue weighted by atomic mass is 9.90. The first-order chi connectivity index (χ1) is 20.1. The molecule has 0 nitrogen and oxygen atoms in total. The van der Waals surface area contributed by atoms with Crippen LogP contribution in [0.2, 0.25) is 45.3 Å². The number of benzene rings is 4. The SMILES string of the molecule is CCC1=C(c2ccc(-c3ccccc3)cc2)C(c2ccc(-c3ccccc3)cc2)=C([Si](C)(C)CC)[Si]1([SiH2]C)[Si](C)(C)C. The lowest BCUT2D eigenvalue weighted by molar-refractivity contribution is 1.19. The first-order valence-corrected chi connectivity index (χ1v) is 29.3. The topological polar surface area (TPSA) is 0 Å². The highest BCUT2D eigenvalue weighted by Crippen LogP contribution is 2.55. The van der Waals surface area contributed by atoms with Gasteiger partial charge in [0.05, 0.1) is 15.2 Å². The largest absolute Gasteiger partial charge is 0.0841 e. The van der Waals surface area contributed by atoms with Gasteiger partial charge in [-0.3, -0.25) is 0 Å². The summed E-state index contributed by atoms with van der Waals surface area (Å²) >= 11 is 0. The molecular weight excluding hydrogens is 569 g/mol. The molecule has 0 aliphatic carbocycles. The highest BCUT2D eigenvalue weighted by Gasteiger charge is 2.58. The molecule has 1 aliphatic rings. The van der Waals surface area contributed by atoms with Gasteiger partial charge in [-0.2, -0.15) is 0 Å². The molecule has 1 aliphatic heterocycles. The van der Waals surface area contributed by atoms with Crippen molar-refractivity contribution in [2.45, 2.75) is 65.6 Å². The number of rotatable bonds is 9. The zero-order valence-electron chi connectivity index (χ0n) is 27.0. The average Bonchev–Trinajstić information content (AvgIpc) is 3.34. The van der Waals surface area contributed by atoms with Crippen molar-refractivity contribution in [1.29, 1.82) is 0 Å². The van der Waals surface area contributed by atoms with Gasteiger partial charge in [-0.05, 0) is 50.9 Å². The Kier molecular flexibility index (Phi) is 8.82. The fourth-order valence-electron chi connectivity index (χ4n) is 7.70. The van der Waals surface area contributed by atoms with Gasteiger partial charge in [-0.15, -0.1) is 0 Å². The van der Waals surface area contributed by atoms with Crippen molar-refractivity contribution in [3.8, 4) is 22.3 Å². The highest BCUT2D eigenvalue weighted by atomic mass is 29.6. The fourth-order valence-corrected chi connectivity index (χ4v) is 55.8. The molecule has 0 bridgehead atoms. The van der Waals surface area contributed by atoms with Gasteiger partial charge >= 0.3 is 0 Å². The number of hydrogen-bond donors (Lipinski definition) is 0. The minimum Gasteiger partial charge on any atom is -0.0829 e. The first-order valence-electron chi connectivity index (χ1n) is 15.9. The average molecular weight is 617 g/mol. The van der Waals surface area contributed by atoms with Gasteiger partial charge in [0, 0.05) is 16.6 Å². The molecule has 0 aromatic heterocycles. The monoisotopic (exact) mass is 616 g/mol. The summed E-state index contributed by atoms with van der Waals surface area (Å²) in [7, 11) is -5.21. The molecule has 0 saturated heterocycles. The lowest BCUT2D eigenvalue weighted by Crippen LogP contribution is -2.67. The molecule has 0 fully saturated rings. The van der Waals surface area contributed by atoms with E-state index in [0.29, 0.717) is 0 Å². The van der Waals surface area contributed by atoms with Crippen LogP contribution in [-0.2, 0) is 0 Å². The molecule has 4 aromatic rings. The lowest BCUT2D eigenvalue weighted by Gasteiger charge is -2.47. The van der Waals surface area contributed by atoms with Crippen LogP contribution < -0.4 is 0 Å². The van der Waals surface area contributed by atoms with Crippen molar-refractivity contribution in [2.24, 2.45) is 0 Å². The maximum absolute atomic E-state index is 2.73. The van der Waals surface area contributed by atoms with Crippen LogP contribution in [0.15, 0.2) is 119 Å². The van der Waals surface area contributed by atoms with Crippen LogP contribution in [0, 0.1) is 0 Å². The van der Waals surface area contributed by atoms with Crippen molar-refractivity contribution in [1.82, 2.24) is 0 Å². The Hall–Kier alpha value is -2.77. The molecule has 1 unspecified atom stereocenters. The molecule has 5 rings (SSSR count). The molecule has 1 atom stereocenters. The van der Waals surface area contributed by atoms with Gasteiger partial charge in [0.2, 0.25) is 0 Å². The van der Waals surface area contributed by atoms with Crippen molar-refractivity contribution < 1.29 is 0 Å². The number of allylic oxidation sites excluding steroid dienone is 3. The smallest absolute Gasteiger partial charge is 0.0829 e. The molecule has 0 N–H and O–H groups in total. The Morgan fingerprint density at radius 2 is 0.905 bits per heavy atom. The van der Waals surface area contributed by atoms with Gasteiger partial charge in [0.15, 0.2) is 0 Å². The van der Waals surface area contributed by atoms with Crippen LogP contribution in [0.25, 0.3) is 33.4 Å². The van der Waals surface area contributed by atoms with E-state index in [1.807, 2.05) is 10.0 Å². The maximum Gasteiger partial charge on any atom is 0.0841 e. The van der Waals surface area contributed by atoms with E-state index < -0.39 is 22.8 Å². The number of hydrogen-bond acceptors (Lipinski definition) is 0. The molecule has 0 saturated carbocycles. The van der Waals surface area contributed by atoms with E-state index in [0.717, 1.165) is 0 Å². The summed E-state index contributed by atoms with van der Waals surface area (Å²) in [5.74, 6) is 0. The second-order valence-corrected chi connectivity index (χ2v) is 41.7. The third-order valence-electron chi connectivity index (χ3n) is 10.0. The molecule has 216 valence electrons. The summed E-state index contributed by atoms with van der Waals surface area (Å²) < 4.78 is 0. The Morgan fingerprint density at radius 3 is 1.26 bits per heavy atom. The standard InChI is InChI=1S/C38H48Si4/c1-9-35-36(33-25-21-31(22-26-33)29-17-13-11-14-18-29)37(34-27-23-32(24-28-34)30-19-15-12-16-20-30)38(41(7,8)10-2)42(35,39-3)40(4,5)6/h11-28H,9-10,39H2,1-8H3. The molecule has 4 aromatic carbocycles. The third-order valence-corrected chi connectivity index (χ3v) is 52.5. The summed E-state index contributed by atoms with van der Waals surface area (Å²) in [5, 5.41) is 1.90. The maximum atomic E-state index is 2.73. The Morgan fingerprint density at radius 1 is 0.524 bits per heavy atom. The van der Waals surface area contributed by atoms with Crippen LogP contribution >= 0.6 is 0 Å². The minimum absolute atomic E-state index is 0.269. The Balaban J connectivity index is 1.80. The zero-order valence-corrected chi connectivity index (χ0v) is 31.4. The second-order valence-electron chi connectivity index (χ2n) is 13.6. The molecule has 0 amide bonds. The van der Waals surface area contributed by atoms with E-state index in [9.17, 15) is 0 Å². The summed E-state index contributed by atoms with van der Waals surface area (Å²) in [6.45, 7) is 21.2. The van der Waals surface area contributed by atoms with Crippen LogP contribution in [0.1, 0.15) is 31.4 Å². The molecule has 4 heteroatoms. The van der Waals surface area contributed by atoms with Crippen molar-refractivity contribution >= 4 is 43.0 Å². The van der Waals surface area contributed by atoms with Crippen LogP contribution in [0.4, 0.5) is 0 Å². The van der Waals surface area contributed by atoms with Crippen LogP contribution in [0.3, 0.4) is 0 Å².